The van der Waals surface area contributed by atoms with Crippen molar-refractivity contribution in [2.45, 2.75) is 18.3 Å². The van der Waals surface area contributed by atoms with Crippen LogP contribution in [-0.2, 0) is 0 Å². The van der Waals surface area contributed by atoms with Gasteiger partial charge in [-0.3, -0.25) is 0 Å². The third-order valence-electron chi connectivity index (χ3n) is 0.956. The molecule has 0 saturated heterocycles. The van der Waals surface area contributed by atoms with Gasteiger partial charge < -0.3 is 5.32 Å². The topological polar surface area (TPSA) is 48.2 Å². The Morgan fingerprint density at radius 1 is 1.75 bits per heavy atom. The zero-order chi connectivity index (χ0) is 6.57. The Balaban J connectivity index is 3.44. The summed E-state index contributed by atoms with van der Waals surface area (Å²) in [7, 11) is 1.79. The van der Waals surface area contributed by atoms with Crippen molar-refractivity contribution >= 4 is 12.6 Å². The highest BCUT2D eigenvalue weighted by atomic mass is 32.1. The Kier molecular flexibility index (Phi) is 3.81. The molecule has 2 unspecified atom stereocenters. The van der Waals surface area contributed by atoms with Crippen LogP contribution in [0.25, 0.3) is 0 Å². The van der Waals surface area contributed by atoms with Crippen molar-refractivity contribution in [3.8, 4) is 0 Å². The van der Waals surface area contributed by atoms with Crippen LogP contribution < -0.4 is 5.32 Å². The Morgan fingerprint density at radius 2 is 2.25 bits per heavy atom. The van der Waals surface area contributed by atoms with E-state index in [1.165, 1.54) is 0 Å². The highest BCUT2D eigenvalue weighted by Gasteiger charge is 2.06. The van der Waals surface area contributed by atoms with Crippen molar-refractivity contribution in [1.29, 1.82) is 5.53 Å². The summed E-state index contributed by atoms with van der Waals surface area (Å²) in [4.78, 5) is 0. The fourth-order valence-electron chi connectivity index (χ4n) is 0.312. The Morgan fingerprint density at radius 3 is 2.38 bits per heavy atom. The lowest BCUT2D eigenvalue weighted by Crippen LogP contribution is -2.28. The lowest BCUT2D eigenvalue weighted by Gasteiger charge is -2.10. The molecule has 48 valence electrons. The molecular weight excluding hydrogens is 122 g/mol. The second-order valence-corrected chi connectivity index (χ2v) is 2.16. The molecule has 0 rings (SSSR count). The second kappa shape index (κ2) is 3.86. The van der Waals surface area contributed by atoms with Gasteiger partial charge >= 0.3 is 0 Å². The number of likely N-dealkylation sites (N-methyl/N-ethyl adjacent to an activating group) is 1. The van der Waals surface area contributed by atoms with Crippen LogP contribution in [-0.4, -0.2) is 18.5 Å². The van der Waals surface area contributed by atoms with E-state index < -0.39 is 0 Å². The highest BCUT2D eigenvalue weighted by molar-refractivity contribution is 7.81. The third kappa shape index (κ3) is 2.28. The average Bonchev–Trinajstić information content (AvgIpc) is 1.84. The minimum atomic E-state index is -0.0386. The molecule has 8 heavy (non-hydrogen) atoms. The first-order valence-corrected chi connectivity index (χ1v) is 2.96. The van der Waals surface area contributed by atoms with E-state index in [0.717, 1.165) is 0 Å². The lowest BCUT2D eigenvalue weighted by molar-refractivity contribution is 0.592. The van der Waals surface area contributed by atoms with Gasteiger partial charge in [0.15, 0.2) is 0 Å². The largest absolute Gasteiger partial charge is 0.307 e. The molecule has 0 spiro atoms. The number of hydrogen-bond acceptors (Lipinski definition) is 4. The zero-order valence-corrected chi connectivity index (χ0v) is 5.94. The monoisotopic (exact) mass is 133 g/mol. The molecule has 0 aromatic carbocycles. The van der Waals surface area contributed by atoms with Gasteiger partial charge in [-0.25, -0.2) is 5.53 Å². The minimum absolute atomic E-state index is 0.00694. The van der Waals surface area contributed by atoms with Gasteiger partial charge in [-0.2, -0.15) is 17.7 Å². The molecule has 0 saturated carbocycles. The molecule has 0 radical (unpaired) electrons. The van der Waals surface area contributed by atoms with E-state index in [1.807, 2.05) is 6.92 Å². The third-order valence-corrected chi connectivity index (χ3v) is 1.65. The summed E-state index contributed by atoms with van der Waals surface area (Å²) < 4.78 is 0. The summed E-state index contributed by atoms with van der Waals surface area (Å²) in [5, 5.41) is 6.14. The van der Waals surface area contributed by atoms with Gasteiger partial charge in [-0.15, -0.1) is 0 Å². The van der Waals surface area contributed by atoms with Crippen LogP contribution in [0, 0.1) is 5.53 Å². The van der Waals surface area contributed by atoms with Crippen LogP contribution in [0.1, 0.15) is 6.92 Å². The zero-order valence-electron chi connectivity index (χ0n) is 5.05. The SMILES string of the molecule is CNC(S)C(C)N=N. The van der Waals surface area contributed by atoms with Crippen molar-refractivity contribution in [1.82, 2.24) is 5.32 Å². The van der Waals surface area contributed by atoms with Crippen molar-refractivity contribution in [3.05, 3.63) is 0 Å². The van der Waals surface area contributed by atoms with E-state index in [-0.39, 0.29) is 11.4 Å². The molecule has 0 amide bonds. The molecule has 0 aliphatic heterocycles. The Bertz CT molecular complexity index is 75.7. The van der Waals surface area contributed by atoms with Crippen LogP contribution in [0.2, 0.25) is 0 Å². The van der Waals surface area contributed by atoms with Crippen LogP contribution in [0.3, 0.4) is 0 Å². The van der Waals surface area contributed by atoms with Crippen molar-refractivity contribution in [2.75, 3.05) is 7.05 Å². The fraction of sp³-hybridized carbons (Fsp3) is 1.00. The van der Waals surface area contributed by atoms with Gasteiger partial charge in [0.25, 0.3) is 0 Å². The smallest absolute Gasteiger partial charge is 0.0921 e. The maximum atomic E-state index is 6.58. The van der Waals surface area contributed by atoms with Crippen molar-refractivity contribution in [2.24, 2.45) is 5.11 Å². The minimum Gasteiger partial charge on any atom is -0.307 e. The van der Waals surface area contributed by atoms with Gasteiger partial charge in [0, 0.05) is 0 Å². The van der Waals surface area contributed by atoms with E-state index in [2.05, 4.69) is 23.1 Å². The molecule has 0 aliphatic carbocycles. The molecule has 0 aromatic rings. The molecule has 2 N–H and O–H groups in total. The molecule has 3 nitrogen and oxygen atoms in total. The quantitative estimate of drug-likeness (QED) is 0.299. The summed E-state index contributed by atoms with van der Waals surface area (Å²) in [6, 6.07) is -0.0386. The Labute approximate surface area is 54.8 Å². The molecule has 0 heterocycles. The molecule has 2 atom stereocenters. The normalized spacial score (nSPS) is 17.4. The first kappa shape index (κ1) is 7.91. The van der Waals surface area contributed by atoms with Gasteiger partial charge in [-0.05, 0) is 14.0 Å². The standard InChI is InChI=1S/C4H11N3S/c1-3(7-5)4(8)6-2/h3-6,8H,1-2H3. The number of nitrogens with one attached hydrogen (secondary N) is 2. The summed E-state index contributed by atoms with van der Waals surface area (Å²) >= 11 is 4.08. The fourth-order valence-corrected chi connectivity index (χ4v) is 0.378. The summed E-state index contributed by atoms with van der Waals surface area (Å²) in [5.41, 5.74) is 6.58. The summed E-state index contributed by atoms with van der Waals surface area (Å²) in [6.07, 6.45) is 0. The van der Waals surface area contributed by atoms with E-state index in [1.54, 1.807) is 7.05 Å². The maximum Gasteiger partial charge on any atom is 0.0921 e. The second-order valence-electron chi connectivity index (χ2n) is 1.60. The van der Waals surface area contributed by atoms with E-state index in [0.29, 0.717) is 0 Å². The average molecular weight is 133 g/mol. The van der Waals surface area contributed by atoms with Crippen molar-refractivity contribution in [3.63, 3.8) is 0 Å². The lowest BCUT2D eigenvalue weighted by atomic mass is 10.4. The molecule has 0 fully saturated rings. The van der Waals surface area contributed by atoms with Gasteiger partial charge in [0.05, 0.1) is 11.4 Å². The van der Waals surface area contributed by atoms with Crippen molar-refractivity contribution < 1.29 is 0 Å². The number of thiol groups is 1. The van der Waals surface area contributed by atoms with Gasteiger partial charge in [0.2, 0.25) is 0 Å². The van der Waals surface area contributed by atoms with Crippen LogP contribution >= 0.6 is 12.6 Å². The van der Waals surface area contributed by atoms with Crippen LogP contribution in [0.5, 0.6) is 0 Å². The van der Waals surface area contributed by atoms with Crippen LogP contribution in [0.15, 0.2) is 5.11 Å². The Hall–Kier alpha value is -0.0900. The first-order chi connectivity index (χ1) is 3.72. The summed E-state index contributed by atoms with van der Waals surface area (Å²) in [6.45, 7) is 1.83. The highest BCUT2D eigenvalue weighted by Crippen LogP contribution is 1.99. The molecule has 4 heteroatoms. The van der Waals surface area contributed by atoms with E-state index in [4.69, 9.17) is 5.53 Å². The van der Waals surface area contributed by atoms with Gasteiger partial charge in [0.1, 0.15) is 0 Å². The maximum absolute atomic E-state index is 6.58. The van der Waals surface area contributed by atoms with Gasteiger partial charge in [-0.1, -0.05) is 0 Å². The van der Waals surface area contributed by atoms with E-state index >= 15 is 0 Å². The predicted molar refractivity (Wildman–Crippen MR) is 36.4 cm³/mol. The van der Waals surface area contributed by atoms with Crippen LogP contribution in [0.4, 0.5) is 0 Å². The molecule has 0 aromatic heterocycles. The first-order valence-electron chi connectivity index (χ1n) is 2.44. The number of nitrogens with zero attached hydrogens (tertiary/aromatic N) is 1. The molecule has 0 bridgehead atoms. The molecule has 0 aliphatic rings. The summed E-state index contributed by atoms with van der Waals surface area (Å²) in [5.74, 6) is 0. The molecular formula is C4H11N3S. The predicted octanol–water partition coefficient (Wildman–Crippen LogP) is 0.881. The number of hydrogen-bond donors (Lipinski definition) is 3. The van der Waals surface area contributed by atoms with E-state index in [9.17, 15) is 0 Å². The number of rotatable bonds is 3.